The third kappa shape index (κ3) is 1.89. The number of aromatic nitrogens is 2. The molecule has 0 saturated carbocycles. The molecule has 0 bridgehead atoms. The maximum Gasteiger partial charge on any atom is 0.202 e. The molecule has 0 N–H and O–H groups in total. The molecule has 0 aliphatic rings. The van der Waals surface area contributed by atoms with Crippen LogP contribution in [-0.2, 0) is 9.47 Å². The van der Waals surface area contributed by atoms with Crippen molar-refractivity contribution in [2.24, 2.45) is 0 Å². The Kier molecular flexibility index (Phi) is 3.12. The van der Waals surface area contributed by atoms with Gasteiger partial charge in [0.2, 0.25) is 6.29 Å². The molecular weight excluding hydrogens is 204 g/mol. The van der Waals surface area contributed by atoms with Gasteiger partial charge in [-0.05, 0) is 19.1 Å². The van der Waals surface area contributed by atoms with Crippen molar-refractivity contribution in [3.05, 3.63) is 35.7 Å². The second kappa shape index (κ2) is 4.55. The van der Waals surface area contributed by atoms with Gasteiger partial charge in [-0.3, -0.25) is 0 Å². The molecule has 1 aromatic carbocycles. The third-order valence-corrected chi connectivity index (χ3v) is 2.43. The quantitative estimate of drug-likeness (QED) is 0.741. The van der Waals surface area contributed by atoms with Crippen LogP contribution in [0.25, 0.3) is 11.0 Å². The van der Waals surface area contributed by atoms with E-state index in [2.05, 4.69) is 9.97 Å². The first-order chi connectivity index (χ1) is 7.76. The van der Waals surface area contributed by atoms with Gasteiger partial charge in [-0.15, -0.1) is 0 Å². The van der Waals surface area contributed by atoms with Gasteiger partial charge < -0.3 is 9.47 Å². The van der Waals surface area contributed by atoms with Gasteiger partial charge in [0.15, 0.2) is 0 Å². The highest BCUT2D eigenvalue weighted by Crippen LogP contribution is 2.20. The Morgan fingerprint density at radius 1 is 1.00 bits per heavy atom. The number of benzene rings is 1. The topological polar surface area (TPSA) is 44.2 Å². The predicted octanol–water partition coefficient (Wildman–Crippen LogP) is 2.23. The maximum absolute atomic E-state index is 5.19. The van der Waals surface area contributed by atoms with Gasteiger partial charge in [0, 0.05) is 14.2 Å². The second-order valence-electron chi connectivity index (χ2n) is 3.49. The first-order valence-electron chi connectivity index (χ1n) is 5.05. The first-order valence-corrected chi connectivity index (χ1v) is 5.05. The standard InChI is InChI=1S/C12H14N2O2/c1-8-11(12(15-2)16-3)14-10-7-5-4-6-9(10)13-8/h4-7,12H,1-3H3. The Balaban J connectivity index is 2.57. The predicted molar refractivity (Wildman–Crippen MR) is 61.0 cm³/mol. The molecule has 1 heterocycles. The molecule has 0 aliphatic heterocycles. The Morgan fingerprint density at radius 3 is 2.12 bits per heavy atom. The average Bonchev–Trinajstić information content (AvgIpc) is 2.31. The van der Waals surface area contributed by atoms with Crippen molar-refractivity contribution in [3.8, 4) is 0 Å². The fraction of sp³-hybridized carbons (Fsp3) is 0.333. The molecule has 4 nitrogen and oxygen atoms in total. The molecule has 0 spiro atoms. The number of para-hydroxylation sites is 2. The van der Waals surface area contributed by atoms with Crippen LogP contribution in [-0.4, -0.2) is 24.2 Å². The van der Waals surface area contributed by atoms with Crippen LogP contribution in [0, 0.1) is 6.92 Å². The Labute approximate surface area is 94.2 Å². The molecule has 0 unspecified atom stereocenters. The molecule has 0 fully saturated rings. The summed E-state index contributed by atoms with van der Waals surface area (Å²) in [6, 6.07) is 7.74. The van der Waals surface area contributed by atoms with E-state index < -0.39 is 6.29 Å². The molecule has 16 heavy (non-hydrogen) atoms. The Morgan fingerprint density at radius 2 is 1.56 bits per heavy atom. The first kappa shape index (κ1) is 11.0. The maximum atomic E-state index is 5.19. The zero-order chi connectivity index (χ0) is 11.5. The van der Waals surface area contributed by atoms with Crippen LogP contribution < -0.4 is 0 Å². The van der Waals surface area contributed by atoms with Gasteiger partial charge in [-0.25, -0.2) is 9.97 Å². The van der Waals surface area contributed by atoms with Crippen LogP contribution in [0.4, 0.5) is 0 Å². The largest absolute Gasteiger partial charge is 0.350 e. The minimum absolute atomic E-state index is 0.461. The van der Waals surface area contributed by atoms with E-state index in [1.54, 1.807) is 14.2 Å². The van der Waals surface area contributed by atoms with E-state index >= 15 is 0 Å². The van der Waals surface area contributed by atoms with Crippen molar-refractivity contribution in [3.63, 3.8) is 0 Å². The molecule has 0 radical (unpaired) electrons. The van der Waals surface area contributed by atoms with E-state index in [1.807, 2.05) is 31.2 Å². The summed E-state index contributed by atoms with van der Waals surface area (Å²) in [5.41, 5.74) is 3.29. The van der Waals surface area contributed by atoms with E-state index in [0.29, 0.717) is 0 Å². The van der Waals surface area contributed by atoms with E-state index in [9.17, 15) is 0 Å². The number of fused-ring (bicyclic) bond motifs is 1. The van der Waals surface area contributed by atoms with Crippen LogP contribution in [0.3, 0.4) is 0 Å². The van der Waals surface area contributed by atoms with Crippen LogP contribution in [0.2, 0.25) is 0 Å². The number of methoxy groups -OCH3 is 2. The Bertz CT molecular complexity index is 495. The number of hydrogen-bond donors (Lipinski definition) is 0. The number of rotatable bonds is 3. The molecule has 4 heteroatoms. The molecular formula is C12H14N2O2. The molecule has 0 aliphatic carbocycles. The van der Waals surface area contributed by atoms with Crippen LogP contribution in [0.15, 0.2) is 24.3 Å². The number of hydrogen-bond acceptors (Lipinski definition) is 4. The van der Waals surface area contributed by atoms with Crippen molar-refractivity contribution >= 4 is 11.0 Å². The lowest BCUT2D eigenvalue weighted by atomic mass is 10.2. The summed E-state index contributed by atoms with van der Waals surface area (Å²) in [6.07, 6.45) is -0.461. The van der Waals surface area contributed by atoms with Crippen molar-refractivity contribution in [1.82, 2.24) is 9.97 Å². The van der Waals surface area contributed by atoms with Gasteiger partial charge >= 0.3 is 0 Å². The molecule has 84 valence electrons. The third-order valence-electron chi connectivity index (χ3n) is 2.43. The highest BCUT2D eigenvalue weighted by atomic mass is 16.7. The van der Waals surface area contributed by atoms with Gasteiger partial charge in [0.1, 0.15) is 5.69 Å². The normalized spacial score (nSPS) is 11.2. The number of nitrogens with zero attached hydrogens (tertiary/aromatic N) is 2. The molecule has 0 amide bonds. The molecule has 1 aromatic heterocycles. The SMILES string of the molecule is COC(OC)c1nc2ccccc2nc1C. The lowest BCUT2D eigenvalue weighted by Crippen LogP contribution is -2.09. The molecule has 2 rings (SSSR count). The van der Waals surface area contributed by atoms with E-state index in [1.165, 1.54) is 0 Å². The molecule has 2 aromatic rings. The van der Waals surface area contributed by atoms with Crippen LogP contribution >= 0.6 is 0 Å². The van der Waals surface area contributed by atoms with Crippen molar-refractivity contribution in [2.45, 2.75) is 13.2 Å². The van der Waals surface area contributed by atoms with Crippen LogP contribution in [0.5, 0.6) is 0 Å². The summed E-state index contributed by atoms with van der Waals surface area (Å²) in [6.45, 7) is 1.90. The van der Waals surface area contributed by atoms with Crippen molar-refractivity contribution < 1.29 is 9.47 Å². The van der Waals surface area contributed by atoms with Gasteiger partial charge in [-0.2, -0.15) is 0 Å². The minimum atomic E-state index is -0.461. The van der Waals surface area contributed by atoms with Crippen molar-refractivity contribution in [2.75, 3.05) is 14.2 Å². The zero-order valence-electron chi connectivity index (χ0n) is 9.60. The van der Waals surface area contributed by atoms with E-state index in [4.69, 9.17) is 9.47 Å². The number of ether oxygens (including phenoxy) is 2. The monoisotopic (exact) mass is 218 g/mol. The van der Waals surface area contributed by atoms with E-state index in [-0.39, 0.29) is 0 Å². The summed E-state index contributed by atoms with van der Waals surface area (Å²) < 4.78 is 10.4. The fourth-order valence-electron chi connectivity index (χ4n) is 1.64. The van der Waals surface area contributed by atoms with Gasteiger partial charge in [-0.1, -0.05) is 12.1 Å². The zero-order valence-corrected chi connectivity index (χ0v) is 9.60. The summed E-state index contributed by atoms with van der Waals surface area (Å²) in [4.78, 5) is 8.97. The smallest absolute Gasteiger partial charge is 0.202 e. The van der Waals surface area contributed by atoms with Crippen molar-refractivity contribution in [1.29, 1.82) is 0 Å². The minimum Gasteiger partial charge on any atom is -0.350 e. The molecule has 0 atom stereocenters. The van der Waals surface area contributed by atoms with Gasteiger partial charge in [0.05, 0.1) is 16.7 Å². The summed E-state index contributed by atoms with van der Waals surface area (Å²) in [5.74, 6) is 0. The lowest BCUT2D eigenvalue weighted by molar-refractivity contribution is -0.109. The van der Waals surface area contributed by atoms with Crippen LogP contribution in [0.1, 0.15) is 17.7 Å². The lowest BCUT2D eigenvalue weighted by Gasteiger charge is -2.14. The second-order valence-corrected chi connectivity index (χ2v) is 3.49. The fourth-order valence-corrected chi connectivity index (χ4v) is 1.64. The average molecular weight is 218 g/mol. The Hall–Kier alpha value is -1.52. The highest BCUT2D eigenvalue weighted by molar-refractivity contribution is 5.74. The molecule has 0 saturated heterocycles. The van der Waals surface area contributed by atoms with Gasteiger partial charge in [0.25, 0.3) is 0 Å². The van der Waals surface area contributed by atoms with E-state index in [0.717, 1.165) is 22.4 Å². The summed E-state index contributed by atoms with van der Waals surface area (Å²) >= 11 is 0. The number of aryl methyl sites for hydroxylation is 1. The summed E-state index contributed by atoms with van der Waals surface area (Å²) in [5, 5.41) is 0. The highest BCUT2D eigenvalue weighted by Gasteiger charge is 2.15. The summed E-state index contributed by atoms with van der Waals surface area (Å²) in [7, 11) is 3.18.